The van der Waals surface area contributed by atoms with E-state index >= 15 is 0 Å². The van der Waals surface area contributed by atoms with Crippen LogP contribution in [-0.2, 0) is 6.18 Å². The van der Waals surface area contributed by atoms with Crippen molar-refractivity contribution in [3.63, 3.8) is 0 Å². The molecule has 1 N–H and O–H groups in total. The van der Waals surface area contributed by atoms with Crippen molar-refractivity contribution in [1.82, 2.24) is 9.97 Å². The molecule has 1 heterocycles. The molecule has 1 amide bonds. The van der Waals surface area contributed by atoms with Crippen LogP contribution in [-0.4, -0.2) is 15.9 Å². The summed E-state index contributed by atoms with van der Waals surface area (Å²) < 4.78 is 39.0. The molecule has 24 heavy (non-hydrogen) atoms. The number of aromatic nitrogens is 2. The van der Waals surface area contributed by atoms with Crippen LogP contribution in [0.5, 0.6) is 0 Å². The number of hydrogen-bond donors (Lipinski definition) is 1. The van der Waals surface area contributed by atoms with E-state index in [2.05, 4.69) is 15.3 Å². The number of rotatable bonds is 2. The predicted molar refractivity (Wildman–Crippen MR) is 80.8 cm³/mol. The summed E-state index contributed by atoms with van der Waals surface area (Å²) in [6.45, 7) is 0. The lowest BCUT2D eigenvalue weighted by atomic mass is 9.90. The molecule has 1 saturated carbocycles. The van der Waals surface area contributed by atoms with Gasteiger partial charge < -0.3 is 5.32 Å². The van der Waals surface area contributed by atoms with Gasteiger partial charge >= 0.3 is 6.18 Å². The Balaban J connectivity index is 1.68. The fourth-order valence-corrected chi connectivity index (χ4v) is 3.92. The Hall–Kier alpha value is -2.44. The zero-order valence-electron chi connectivity index (χ0n) is 12.6. The van der Waals surface area contributed by atoms with Gasteiger partial charge in [0.05, 0.1) is 0 Å². The molecule has 0 aliphatic heterocycles. The second kappa shape index (κ2) is 5.29. The van der Waals surface area contributed by atoms with E-state index in [0.717, 1.165) is 37.2 Å². The van der Waals surface area contributed by atoms with E-state index < -0.39 is 23.5 Å². The summed E-state index contributed by atoms with van der Waals surface area (Å²) >= 11 is 0. The van der Waals surface area contributed by atoms with E-state index in [9.17, 15) is 18.0 Å². The van der Waals surface area contributed by atoms with Crippen molar-refractivity contribution in [2.24, 2.45) is 0 Å². The standard InChI is InChI=1S/C17H14F3N3O/c18-17(19,20)15-14(21-6-7-22-15)16(24)23-12-3-1-2-11-9-4-5-10(8-9)13(11)12/h1-3,6-7,9-10H,4-5,8H2,(H,23,24). The highest BCUT2D eigenvalue weighted by atomic mass is 19.4. The van der Waals surface area contributed by atoms with Crippen molar-refractivity contribution < 1.29 is 18.0 Å². The molecular formula is C17H14F3N3O. The van der Waals surface area contributed by atoms with Crippen LogP contribution in [0.25, 0.3) is 0 Å². The lowest BCUT2D eigenvalue weighted by Gasteiger charge is -2.19. The van der Waals surface area contributed by atoms with E-state index in [1.165, 1.54) is 5.56 Å². The molecule has 2 atom stereocenters. The third-order valence-electron chi connectivity index (χ3n) is 4.85. The van der Waals surface area contributed by atoms with Crippen LogP contribution >= 0.6 is 0 Å². The lowest BCUT2D eigenvalue weighted by Crippen LogP contribution is -2.22. The molecule has 1 aromatic heterocycles. The molecule has 2 unspecified atom stereocenters. The maximum Gasteiger partial charge on any atom is 0.435 e. The van der Waals surface area contributed by atoms with Crippen LogP contribution in [0.15, 0.2) is 30.6 Å². The van der Waals surface area contributed by atoms with Gasteiger partial charge in [0.25, 0.3) is 5.91 Å². The highest BCUT2D eigenvalue weighted by Gasteiger charge is 2.40. The number of hydrogen-bond acceptors (Lipinski definition) is 3. The van der Waals surface area contributed by atoms with Crippen LogP contribution in [0.1, 0.15) is 58.4 Å². The summed E-state index contributed by atoms with van der Waals surface area (Å²) in [4.78, 5) is 19.2. The summed E-state index contributed by atoms with van der Waals surface area (Å²) in [5, 5.41) is 2.61. The van der Waals surface area contributed by atoms with E-state index in [1.54, 1.807) is 6.07 Å². The molecule has 1 fully saturated rings. The van der Waals surface area contributed by atoms with Gasteiger partial charge in [0, 0.05) is 18.1 Å². The molecule has 0 spiro atoms. The number of carbonyl (C=O) groups is 1. The minimum absolute atomic E-state index is 0.380. The summed E-state index contributed by atoms with van der Waals surface area (Å²) in [6, 6.07) is 5.61. The van der Waals surface area contributed by atoms with Gasteiger partial charge in [-0.1, -0.05) is 12.1 Å². The van der Waals surface area contributed by atoms with Crippen molar-refractivity contribution in [3.05, 3.63) is 53.1 Å². The number of nitrogens with zero attached hydrogens (tertiary/aromatic N) is 2. The van der Waals surface area contributed by atoms with Crippen LogP contribution in [0.3, 0.4) is 0 Å². The van der Waals surface area contributed by atoms with Crippen LogP contribution in [0.4, 0.5) is 18.9 Å². The monoisotopic (exact) mass is 333 g/mol. The largest absolute Gasteiger partial charge is 0.435 e. The van der Waals surface area contributed by atoms with Gasteiger partial charge in [0.2, 0.25) is 0 Å². The number of nitrogens with one attached hydrogen (secondary N) is 1. The Labute approximate surface area is 136 Å². The van der Waals surface area contributed by atoms with Crippen LogP contribution in [0, 0.1) is 0 Å². The number of fused-ring (bicyclic) bond motifs is 5. The van der Waals surface area contributed by atoms with Crippen molar-refractivity contribution in [2.75, 3.05) is 5.32 Å². The number of halogens is 3. The number of carbonyl (C=O) groups excluding carboxylic acids is 1. The number of alkyl halides is 3. The zero-order chi connectivity index (χ0) is 16.9. The number of amides is 1. The molecule has 7 heteroatoms. The van der Waals surface area contributed by atoms with E-state index in [1.807, 2.05) is 12.1 Å². The average Bonchev–Trinajstić information content (AvgIpc) is 3.16. The molecule has 4 nitrogen and oxygen atoms in total. The lowest BCUT2D eigenvalue weighted by molar-refractivity contribution is -0.141. The smallest absolute Gasteiger partial charge is 0.320 e. The van der Waals surface area contributed by atoms with Gasteiger partial charge in [-0.25, -0.2) is 9.97 Å². The molecule has 4 rings (SSSR count). The summed E-state index contributed by atoms with van der Waals surface area (Å²) in [5.74, 6) is 0.00106. The van der Waals surface area contributed by atoms with Crippen LogP contribution in [0.2, 0.25) is 0 Å². The second-order valence-corrected chi connectivity index (χ2v) is 6.22. The quantitative estimate of drug-likeness (QED) is 0.900. The van der Waals surface area contributed by atoms with E-state index in [-0.39, 0.29) is 0 Å². The maximum atomic E-state index is 13.0. The topological polar surface area (TPSA) is 54.9 Å². The molecule has 1 aromatic carbocycles. The van der Waals surface area contributed by atoms with Gasteiger partial charge in [-0.3, -0.25) is 4.79 Å². The molecule has 124 valence electrons. The first-order chi connectivity index (χ1) is 11.4. The summed E-state index contributed by atoms with van der Waals surface area (Å²) in [5.41, 5.74) is 0.893. The van der Waals surface area contributed by atoms with Gasteiger partial charge in [-0.2, -0.15) is 13.2 Å². The molecule has 2 aliphatic rings. The van der Waals surface area contributed by atoms with Crippen molar-refractivity contribution in [1.29, 1.82) is 0 Å². The zero-order valence-corrected chi connectivity index (χ0v) is 12.6. The minimum atomic E-state index is -4.72. The maximum absolute atomic E-state index is 13.0. The van der Waals surface area contributed by atoms with E-state index in [0.29, 0.717) is 17.5 Å². The molecule has 2 aliphatic carbocycles. The highest BCUT2D eigenvalue weighted by molar-refractivity contribution is 6.04. The van der Waals surface area contributed by atoms with Gasteiger partial charge in [-0.15, -0.1) is 0 Å². The van der Waals surface area contributed by atoms with E-state index in [4.69, 9.17) is 0 Å². The van der Waals surface area contributed by atoms with Crippen molar-refractivity contribution >= 4 is 11.6 Å². The molecule has 0 radical (unpaired) electrons. The molecular weight excluding hydrogens is 319 g/mol. The predicted octanol–water partition coefficient (Wildman–Crippen LogP) is 4.11. The average molecular weight is 333 g/mol. The van der Waals surface area contributed by atoms with Gasteiger partial charge in [-0.05, 0) is 48.3 Å². The number of anilines is 1. The third-order valence-corrected chi connectivity index (χ3v) is 4.85. The highest BCUT2D eigenvalue weighted by Crippen LogP contribution is 2.55. The Morgan fingerprint density at radius 1 is 1.12 bits per heavy atom. The minimum Gasteiger partial charge on any atom is -0.320 e. The first-order valence-electron chi connectivity index (χ1n) is 7.77. The number of benzene rings is 1. The first kappa shape index (κ1) is 15.1. The van der Waals surface area contributed by atoms with Crippen molar-refractivity contribution in [2.45, 2.75) is 37.3 Å². The first-order valence-corrected chi connectivity index (χ1v) is 7.77. The third kappa shape index (κ3) is 2.35. The van der Waals surface area contributed by atoms with Crippen LogP contribution < -0.4 is 5.32 Å². The van der Waals surface area contributed by atoms with Crippen molar-refractivity contribution in [3.8, 4) is 0 Å². The Morgan fingerprint density at radius 3 is 2.67 bits per heavy atom. The fraction of sp³-hybridized carbons (Fsp3) is 0.353. The Morgan fingerprint density at radius 2 is 1.88 bits per heavy atom. The molecule has 2 aromatic rings. The Bertz CT molecular complexity index is 819. The molecule has 2 bridgehead atoms. The summed E-state index contributed by atoms with van der Waals surface area (Å²) in [7, 11) is 0. The van der Waals surface area contributed by atoms with Gasteiger partial charge in [0.15, 0.2) is 11.4 Å². The molecule has 0 saturated heterocycles. The second-order valence-electron chi connectivity index (χ2n) is 6.22. The SMILES string of the molecule is O=C(Nc1cccc2c1C1CCC2C1)c1nccnc1C(F)(F)F. The van der Waals surface area contributed by atoms with Gasteiger partial charge in [0.1, 0.15) is 0 Å². The fourth-order valence-electron chi connectivity index (χ4n) is 3.92. The summed E-state index contributed by atoms with van der Waals surface area (Å²) in [6.07, 6.45) is 0.543. The normalized spacial score (nSPS) is 21.6. The Kier molecular flexibility index (Phi) is 3.33.